The minimum Gasteiger partial charge on any atom is -0.493 e. The zero-order chi connectivity index (χ0) is 18.4. The Kier molecular flexibility index (Phi) is 6.87. The molecule has 1 amide bonds. The predicted octanol–water partition coefficient (Wildman–Crippen LogP) is 2.89. The zero-order valence-corrected chi connectivity index (χ0v) is 16.3. The van der Waals surface area contributed by atoms with Gasteiger partial charge in [-0.05, 0) is 37.8 Å². The Morgan fingerprint density at radius 3 is 2.52 bits per heavy atom. The van der Waals surface area contributed by atoms with Crippen LogP contribution in [0.25, 0.3) is 0 Å². The summed E-state index contributed by atoms with van der Waals surface area (Å²) in [6.45, 7) is 6.98. The lowest BCUT2D eigenvalue weighted by Crippen LogP contribution is -2.42. The molecule has 6 heteroatoms. The van der Waals surface area contributed by atoms with Gasteiger partial charge >= 0.3 is 0 Å². The van der Waals surface area contributed by atoms with Gasteiger partial charge in [-0.15, -0.1) is 0 Å². The number of carbonyl (C=O) groups is 1. The van der Waals surface area contributed by atoms with Crippen molar-refractivity contribution in [3.63, 3.8) is 0 Å². The molecule has 1 aromatic rings. The van der Waals surface area contributed by atoms with E-state index in [1.807, 2.05) is 32.0 Å². The van der Waals surface area contributed by atoms with Crippen molar-refractivity contribution in [1.82, 2.24) is 4.90 Å². The van der Waals surface area contributed by atoms with Gasteiger partial charge in [-0.3, -0.25) is 4.79 Å². The molecule has 0 N–H and O–H groups in total. The lowest BCUT2D eigenvalue weighted by atomic mass is 10.1. The van der Waals surface area contributed by atoms with Gasteiger partial charge in [0.2, 0.25) is 5.91 Å². The molecule has 0 radical (unpaired) electrons. The summed E-state index contributed by atoms with van der Waals surface area (Å²) < 4.78 is 29.3. The van der Waals surface area contributed by atoms with Crippen LogP contribution in [-0.2, 0) is 14.6 Å². The Hall–Kier alpha value is -1.56. The first-order valence-electron chi connectivity index (χ1n) is 9.03. The third kappa shape index (κ3) is 5.46. The van der Waals surface area contributed by atoms with E-state index >= 15 is 0 Å². The molecule has 0 aromatic heterocycles. The van der Waals surface area contributed by atoms with Crippen molar-refractivity contribution in [3.8, 4) is 5.75 Å². The number of hydrogen-bond acceptors (Lipinski definition) is 4. The molecular weight excluding hydrogens is 338 g/mol. The van der Waals surface area contributed by atoms with Crippen LogP contribution in [0, 0.1) is 13.8 Å². The van der Waals surface area contributed by atoms with E-state index in [1.165, 1.54) is 0 Å². The quantitative estimate of drug-likeness (QED) is 0.709. The molecule has 1 aliphatic rings. The van der Waals surface area contributed by atoms with Gasteiger partial charge < -0.3 is 9.64 Å². The van der Waals surface area contributed by atoms with E-state index in [0.29, 0.717) is 19.6 Å². The van der Waals surface area contributed by atoms with Crippen molar-refractivity contribution in [3.05, 3.63) is 29.3 Å². The largest absolute Gasteiger partial charge is 0.493 e. The Labute approximate surface area is 151 Å². The maximum Gasteiger partial charge on any atom is 0.226 e. The Morgan fingerprint density at radius 2 is 1.96 bits per heavy atom. The van der Waals surface area contributed by atoms with E-state index in [4.69, 9.17) is 4.74 Å². The van der Waals surface area contributed by atoms with E-state index in [0.717, 1.165) is 29.7 Å². The predicted molar refractivity (Wildman–Crippen MR) is 99.7 cm³/mol. The molecule has 1 fully saturated rings. The first-order chi connectivity index (χ1) is 11.8. The second-order valence-corrected chi connectivity index (χ2v) is 9.05. The van der Waals surface area contributed by atoms with Crippen LogP contribution in [0.2, 0.25) is 0 Å². The van der Waals surface area contributed by atoms with Gasteiger partial charge in [0.15, 0.2) is 9.84 Å². The number of benzene rings is 1. The molecule has 1 aliphatic heterocycles. The average Bonchev–Trinajstić information content (AvgIpc) is 2.90. The smallest absolute Gasteiger partial charge is 0.226 e. The summed E-state index contributed by atoms with van der Waals surface area (Å²) >= 11 is 0. The van der Waals surface area contributed by atoms with Crippen LogP contribution < -0.4 is 4.74 Å². The molecule has 5 nitrogen and oxygen atoms in total. The summed E-state index contributed by atoms with van der Waals surface area (Å²) in [5, 5.41) is 0. The minimum absolute atomic E-state index is 0.0122. The van der Waals surface area contributed by atoms with E-state index in [2.05, 4.69) is 6.92 Å². The average molecular weight is 368 g/mol. The van der Waals surface area contributed by atoms with Crippen LogP contribution in [0.4, 0.5) is 0 Å². The van der Waals surface area contributed by atoms with E-state index < -0.39 is 9.84 Å². The number of rotatable bonds is 8. The number of nitrogens with zero attached hydrogens (tertiary/aromatic N) is 1. The number of ether oxygens (including phenoxy) is 1. The van der Waals surface area contributed by atoms with Crippen molar-refractivity contribution in [2.75, 3.05) is 24.7 Å². The van der Waals surface area contributed by atoms with Gasteiger partial charge in [-0.2, -0.15) is 0 Å². The van der Waals surface area contributed by atoms with Crippen LogP contribution in [0.15, 0.2) is 18.2 Å². The van der Waals surface area contributed by atoms with Crippen molar-refractivity contribution < 1.29 is 17.9 Å². The van der Waals surface area contributed by atoms with Crippen molar-refractivity contribution in [1.29, 1.82) is 0 Å². The highest BCUT2D eigenvalue weighted by atomic mass is 32.2. The summed E-state index contributed by atoms with van der Waals surface area (Å²) in [6, 6.07) is 5.78. The number of sulfone groups is 1. The molecule has 1 saturated heterocycles. The lowest BCUT2D eigenvalue weighted by molar-refractivity contribution is -0.133. The van der Waals surface area contributed by atoms with Crippen LogP contribution >= 0.6 is 0 Å². The Bertz CT molecular complexity index is 679. The molecule has 1 heterocycles. The molecular formula is C19H29NO4S. The molecule has 1 unspecified atom stereocenters. The van der Waals surface area contributed by atoms with Crippen LogP contribution in [0.3, 0.4) is 0 Å². The van der Waals surface area contributed by atoms with Crippen molar-refractivity contribution in [2.24, 2.45) is 0 Å². The Morgan fingerprint density at radius 1 is 1.28 bits per heavy atom. The van der Waals surface area contributed by atoms with Crippen molar-refractivity contribution in [2.45, 2.75) is 52.5 Å². The summed E-state index contributed by atoms with van der Waals surface area (Å²) in [5.74, 6) is 1.10. The number of carbonyl (C=O) groups excluding carboxylic acids is 1. The normalized spacial score (nSPS) is 18.9. The molecule has 25 heavy (non-hydrogen) atoms. The van der Waals surface area contributed by atoms with Gasteiger partial charge in [-0.1, -0.05) is 31.5 Å². The summed E-state index contributed by atoms with van der Waals surface area (Å²) in [4.78, 5) is 14.4. The fraction of sp³-hybridized carbons (Fsp3) is 0.632. The van der Waals surface area contributed by atoms with Crippen LogP contribution in [0.1, 0.15) is 43.7 Å². The summed E-state index contributed by atoms with van der Waals surface area (Å²) in [5.41, 5.74) is 2.11. The maximum absolute atomic E-state index is 12.7. The molecule has 0 spiro atoms. The molecule has 0 saturated carbocycles. The number of amides is 1. The second-order valence-electron chi connectivity index (χ2n) is 6.82. The standard InChI is InChI=1S/C19H29NO4S/c1-4-5-11-20(17-10-13-25(22,23)14-17)18(21)9-12-24-19-15(2)7-6-8-16(19)3/h6-8,17H,4-5,9-14H2,1-3H3. The lowest BCUT2D eigenvalue weighted by Gasteiger charge is -2.28. The van der Waals surface area contributed by atoms with Gasteiger partial charge in [0.25, 0.3) is 0 Å². The van der Waals surface area contributed by atoms with Crippen LogP contribution in [0.5, 0.6) is 5.75 Å². The second kappa shape index (κ2) is 8.70. The third-order valence-electron chi connectivity index (χ3n) is 4.69. The highest BCUT2D eigenvalue weighted by molar-refractivity contribution is 7.91. The molecule has 2 rings (SSSR count). The first-order valence-corrected chi connectivity index (χ1v) is 10.8. The van der Waals surface area contributed by atoms with E-state index in [1.54, 1.807) is 4.90 Å². The van der Waals surface area contributed by atoms with Crippen LogP contribution in [-0.4, -0.2) is 49.9 Å². The Balaban J connectivity index is 1.95. The molecule has 0 bridgehead atoms. The molecule has 1 aromatic carbocycles. The van der Waals surface area contributed by atoms with Gasteiger partial charge in [-0.25, -0.2) is 8.42 Å². The number of hydrogen-bond donors (Lipinski definition) is 0. The SMILES string of the molecule is CCCCN(C(=O)CCOc1c(C)cccc1C)C1CCS(=O)(=O)C1. The molecule has 140 valence electrons. The zero-order valence-electron chi connectivity index (χ0n) is 15.5. The summed E-state index contributed by atoms with van der Waals surface area (Å²) in [6.07, 6.45) is 2.69. The highest BCUT2D eigenvalue weighted by Gasteiger charge is 2.34. The van der Waals surface area contributed by atoms with E-state index in [-0.39, 0.29) is 29.9 Å². The third-order valence-corrected chi connectivity index (χ3v) is 6.44. The summed E-state index contributed by atoms with van der Waals surface area (Å²) in [7, 11) is -3.00. The topological polar surface area (TPSA) is 63.7 Å². The number of aryl methyl sites for hydroxylation is 2. The van der Waals surface area contributed by atoms with Gasteiger partial charge in [0.05, 0.1) is 24.5 Å². The first kappa shape index (κ1) is 19.8. The fourth-order valence-corrected chi connectivity index (χ4v) is 5.00. The number of para-hydroxylation sites is 1. The van der Waals surface area contributed by atoms with E-state index in [9.17, 15) is 13.2 Å². The molecule has 1 atom stereocenters. The van der Waals surface area contributed by atoms with Gasteiger partial charge in [0, 0.05) is 12.6 Å². The van der Waals surface area contributed by atoms with Crippen molar-refractivity contribution >= 4 is 15.7 Å². The van der Waals surface area contributed by atoms with Gasteiger partial charge in [0.1, 0.15) is 5.75 Å². The maximum atomic E-state index is 12.7. The molecule has 0 aliphatic carbocycles. The number of unbranched alkanes of at least 4 members (excludes halogenated alkanes) is 1. The fourth-order valence-electron chi connectivity index (χ4n) is 3.27. The monoisotopic (exact) mass is 367 g/mol. The highest BCUT2D eigenvalue weighted by Crippen LogP contribution is 2.23. The minimum atomic E-state index is -3.00.